The van der Waals surface area contributed by atoms with Crippen LogP contribution in [0.15, 0.2) is 24.5 Å². The number of amides is 1. The zero-order valence-electron chi connectivity index (χ0n) is 14.0. The summed E-state index contributed by atoms with van der Waals surface area (Å²) >= 11 is 0. The number of carbonyl (C=O) groups excluding carboxylic acids is 1. The molecule has 0 radical (unpaired) electrons. The lowest BCUT2D eigenvalue weighted by molar-refractivity contribution is -0.145. The fraction of sp³-hybridized carbons (Fsp3) is 0.667. The zero-order valence-corrected chi connectivity index (χ0v) is 14.0. The van der Waals surface area contributed by atoms with Crippen molar-refractivity contribution in [1.29, 1.82) is 0 Å². The molecule has 0 bridgehead atoms. The van der Waals surface area contributed by atoms with Gasteiger partial charge in [-0.25, -0.2) is 0 Å². The minimum Gasteiger partial charge on any atom is -0.368 e. The van der Waals surface area contributed by atoms with Crippen molar-refractivity contribution in [2.45, 2.75) is 38.3 Å². The Morgan fingerprint density at radius 3 is 3.09 bits per heavy atom. The highest BCUT2D eigenvalue weighted by Gasteiger charge is 2.32. The van der Waals surface area contributed by atoms with Crippen molar-refractivity contribution in [2.75, 3.05) is 33.3 Å². The van der Waals surface area contributed by atoms with E-state index in [1.807, 2.05) is 17.2 Å². The lowest BCUT2D eigenvalue weighted by Gasteiger charge is -2.27. The molecule has 1 aromatic rings. The lowest BCUT2D eigenvalue weighted by Crippen LogP contribution is -2.41. The second kappa shape index (κ2) is 7.88. The molecule has 5 nitrogen and oxygen atoms in total. The molecule has 126 valence electrons. The maximum Gasteiger partial charge on any atom is 0.251 e. The van der Waals surface area contributed by atoms with Crippen LogP contribution in [0.5, 0.6) is 0 Å². The zero-order chi connectivity index (χ0) is 16.1. The normalized spacial score (nSPS) is 25.0. The van der Waals surface area contributed by atoms with E-state index in [9.17, 15) is 4.79 Å². The molecule has 2 saturated heterocycles. The van der Waals surface area contributed by atoms with E-state index in [2.05, 4.69) is 23.0 Å². The number of ether oxygens (including phenoxy) is 1. The Balaban J connectivity index is 1.45. The van der Waals surface area contributed by atoms with E-state index in [4.69, 9.17) is 4.74 Å². The van der Waals surface area contributed by atoms with Crippen molar-refractivity contribution in [3.63, 3.8) is 0 Å². The molecular weight excluding hydrogens is 290 g/mol. The smallest absolute Gasteiger partial charge is 0.251 e. The summed E-state index contributed by atoms with van der Waals surface area (Å²) in [5.41, 5.74) is 1.23. The molecule has 2 atom stereocenters. The molecule has 0 spiro atoms. The molecule has 2 unspecified atom stereocenters. The Morgan fingerprint density at radius 2 is 2.35 bits per heavy atom. The SMILES string of the molecule is CN(Cc1cccnc1)CC1CCN(C(=O)C2CCCCO2)C1. The van der Waals surface area contributed by atoms with Crippen LogP contribution in [0, 0.1) is 5.92 Å². The van der Waals surface area contributed by atoms with Crippen molar-refractivity contribution < 1.29 is 9.53 Å². The summed E-state index contributed by atoms with van der Waals surface area (Å²) in [5, 5.41) is 0. The second-order valence-electron chi connectivity index (χ2n) is 6.85. The van der Waals surface area contributed by atoms with Gasteiger partial charge in [-0.05, 0) is 50.3 Å². The van der Waals surface area contributed by atoms with E-state index >= 15 is 0 Å². The van der Waals surface area contributed by atoms with Gasteiger partial charge in [-0.15, -0.1) is 0 Å². The minimum absolute atomic E-state index is 0.185. The highest BCUT2D eigenvalue weighted by Crippen LogP contribution is 2.22. The molecule has 2 aliphatic heterocycles. The van der Waals surface area contributed by atoms with E-state index in [0.717, 1.165) is 58.5 Å². The van der Waals surface area contributed by atoms with E-state index < -0.39 is 0 Å². The summed E-state index contributed by atoms with van der Waals surface area (Å²) in [6, 6.07) is 4.08. The van der Waals surface area contributed by atoms with Crippen LogP contribution in [0.2, 0.25) is 0 Å². The van der Waals surface area contributed by atoms with Crippen LogP contribution in [0.25, 0.3) is 0 Å². The Kier molecular flexibility index (Phi) is 5.62. The molecule has 0 aromatic carbocycles. The molecule has 2 aliphatic rings. The molecule has 5 heteroatoms. The first-order valence-electron chi connectivity index (χ1n) is 8.70. The second-order valence-corrected chi connectivity index (χ2v) is 6.85. The minimum atomic E-state index is -0.185. The van der Waals surface area contributed by atoms with Crippen molar-refractivity contribution in [3.8, 4) is 0 Å². The highest BCUT2D eigenvalue weighted by molar-refractivity contribution is 5.81. The Hall–Kier alpha value is -1.46. The number of rotatable bonds is 5. The molecule has 3 rings (SSSR count). The standard InChI is InChI=1S/C18H27N3O2/c1-20(12-15-5-4-8-19-11-15)13-16-7-9-21(14-16)18(22)17-6-2-3-10-23-17/h4-5,8,11,16-17H,2-3,6-7,9-10,12-14H2,1H3. The van der Waals surface area contributed by atoms with Crippen molar-refractivity contribution in [1.82, 2.24) is 14.8 Å². The van der Waals surface area contributed by atoms with Crippen LogP contribution in [0.4, 0.5) is 0 Å². The topological polar surface area (TPSA) is 45.7 Å². The fourth-order valence-electron chi connectivity index (χ4n) is 3.63. The van der Waals surface area contributed by atoms with Gasteiger partial charge >= 0.3 is 0 Å². The Morgan fingerprint density at radius 1 is 1.43 bits per heavy atom. The van der Waals surface area contributed by atoms with Crippen LogP contribution in [0.1, 0.15) is 31.2 Å². The quantitative estimate of drug-likeness (QED) is 0.832. The first-order valence-corrected chi connectivity index (χ1v) is 8.70. The number of pyridine rings is 1. The molecule has 23 heavy (non-hydrogen) atoms. The van der Waals surface area contributed by atoms with Crippen LogP contribution < -0.4 is 0 Å². The third kappa shape index (κ3) is 4.52. The average molecular weight is 317 g/mol. The van der Waals surface area contributed by atoms with Gasteiger partial charge in [0.15, 0.2) is 0 Å². The van der Waals surface area contributed by atoms with Gasteiger partial charge in [-0.2, -0.15) is 0 Å². The number of likely N-dealkylation sites (tertiary alicyclic amines) is 1. The van der Waals surface area contributed by atoms with Crippen LogP contribution >= 0.6 is 0 Å². The maximum absolute atomic E-state index is 12.5. The molecular formula is C18H27N3O2. The number of nitrogens with zero attached hydrogens (tertiary/aromatic N) is 3. The van der Waals surface area contributed by atoms with E-state index in [1.54, 1.807) is 6.20 Å². The first-order chi connectivity index (χ1) is 11.2. The molecule has 2 fully saturated rings. The lowest BCUT2D eigenvalue weighted by atomic mass is 10.1. The Labute approximate surface area is 138 Å². The van der Waals surface area contributed by atoms with Crippen LogP contribution in [-0.4, -0.2) is 60.1 Å². The molecule has 3 heterocycles. The average Bonchev–Trinajstić information content (AvgIpc) is 3.04. The van der Waals surface area contributed by atoms with E-state index in [1.165, 1.54) is 5.56 Å². The largest absolute Gasteiger partial charge is 0.368 e. The number of hydrogen-bond donors (Lipinski definition) is 0. The third-order valence-corrected chi connectivity index (χ3v) is 4.80. The maximum atomic E-state index is 12.5. The van der Waals surface area contributed by atoms with Gasteiger partial charge in [0.2, 0.25) is 0 Å². The predicted octanol–water partition coefficient (Wildman–Crippen LogP) is 1.93. The summed E-state index contributed by atoms with van der Waals surface area (Å²) in [4.78, 5) is 21.0. The summed E-state index contributed by atoms with van der Waals surface area (Å²) < 4.78 is 5.64. The highest BCUT2D eigenvalue weighted by atomic mass is 16.5. The van der Waals surface area contributed by atoms with Crippen LogP contribution in [-0.2, 0) is 16.1 Å². The van der Waals surface area contributed by atoms with Gasteiger partial charge in [-0.3, -0.25) is 9.78 Å². The van der Waals surface area contributed by atoms with Gasteiger partial charge in [0.25, 0.3) is 5.91 Å². The molecule has 0 saturated carbocycles. The van der Waals surface area contributed by atoms with Gasteiger partial charge in [0.1, 0.15) is 6.10 Å². The monoisotopic (exact) mass is 317 g/mol. The third-order valence-electron chi connectivity index (χ3n) is 4.80. The Bertz CT molecular complexity index is 502. The molecule has 1 amide bonds. The molecule has 0 aliphatic carbocycles. The first kappa shape index (κ1) is 16.4. The number of hydrogen-bond acceptors (Lipinski definition) is 4. The van der Waals surface area contributed by atoms with E-state index in [-0.39, 0.29) is 12.0 Å². The van der Waals surface area contributed by atoms with Gasteiger partial charge < -0.3 is 14.5 Å². The summed E-state index contributed by atoms with van der Waals surface area (Å²) in [5.74, 6) is 0.770. The van der Waals surface area contributed by atoms with E-state index in [0.29, 0.717) is 5.92 Å². The van der Waals surface area contributed by atoms with Gasteiger partial charge in [-0.1, -0.05) is 6.07 Å². The van der Waals surface area contributed by atoms with Crippen molar-refractivity contribution in [2.24, 2.45) is 5.92 Å². The number of carbonyl (C=O) groups is 1. The fourth-order valence-corrected chi connectivity index (χ4v) is 3.63. The van der Waals surface area contributed by atoms with Crippen molar-refractivity contribution >= 4 is 5.91 Å². The summed E-state index contributed by atoms with van der Waals surface area (Å²) in [6.07, 6.45) is 7.72. The predicted molar refractivity (Wildman–Crippen MR) is 88.8 cm³/mol. The summed E-state index contributed by atoms with van der Waals surface area (Å²) in [7, 11) is 2.14. The number of aromatic nitrogens is 1. The van der Waals surface area contributed by atoms with Crippen LogP contribution in [0.3, 0.4) is 0 Å². The van der Waals surface area contributed by atoms with Crippen molar-refractivity contribution in [3.05, 3.63) is 30.1 Å². The summed E-state index contributed by atoms with van der Waals surface area (Å²) in [6.45, 7) is 4.41. The van der Waals surface area contributed by atoms with Gasteiger partial charge in [0.05, 0.1) is 0 Å². The molecule has 1 aromatic heterocycles. The molecule has 0 N–H and O–H groups in total. The van der Waals surface area contributed by atoms with Gasteiger partial charge in [0, 0.05) is 45.2 Å².